The Kier molecular flexibility index (Phi) is 3.56. The van der Waals surface area contributed by atoms with Crippen molar-refractivity contribution >= 4 is 5.65 Å². The van der Waals surface area contributed by atoms with Gasteiger partial charge < -0.3 is 9.72 Å². The molecule has 1 N–H and O–H groups in total. The summed E-state index contributed by atoms with van der Waals surface area (Å²) in [7, 11) is 0. The van der Waals surface area contributed by atoms with E-state index in [4.69, 9.17) is 0 Å². The van der Waals surface area contributed by atoms with Gasteiger partial charge in [-0.25, -0.2) is 4.98 Å². The molecule has 1 aliphatic rings. The van der Waals surface area contributed by atoms with Crippen LogP contribution in [-0.4, -0.2) is 15.4 Å². The van der Waals surface area contributed by atoms with Crippen molar-refractivity contribution in [3.8, 4) is 0 Å². The molecule has 0 bridgehead atoms. The molecule has 19 heavy (non-hydrogen) atoms. The van der Waals surface area contributed by atoms with Crippen molar-refractivity contribution < 1.29 is 0 Å². The average Bonchev–Trinajstić information content (AvgIpc) is 3.03. The van der Waals surface area contributed by atoms with Crippen LogP contribution < -0.4 is 5.32 Å². The molecule has 0 aliphatic heterocycles. The second-order valence-corrected chi connectivity index (χ2v) is 5.79. The van der Waals surface area contributed by atoms with Crippen molar-refractivity contribution in [3.63, 3.8) is 0 Å². The summed E-state index contributed by atoms with van der Waals surface area (Å²) in [6.45, 7) is 5.34. The molecule has 2 heterocycles. The summed E-state index contributed by atoms with van der Waals surface area (Å²) in [5.74, 6) is 0.861. The minimum atomic E-state index is 0.608. The summed E-state index contributed by atoms with van der Waals surface area (Å²) < 4.78 is 2.20. The number of aromatic nitrogens is 2. The van der Waals surface area contributed by atoms with E-state index in [9.17, 15) is 0 Å². The van der Waals surface area contributed by atoms with Gasteiger partial charge in [-0.05, 0) is 44.7 Å². The predicted molar refractivity (Wildman–Crippen MR) is 78.2 cm³/mol. The molecule has 0 spiro atoms. The first-order valence-corrected chi connectivity index (χ1v) is 7.41. The number of rotatable bonds is 4. The summed E-state index contributed by atoms with van der Waals surface area (Å²) in [6, 6.07) is 6.78. The number of aryl methyl sites for hydroxylation is 1. The molecule has 0 aromatic carbocycles. The Morgan fingerprint density at radius 1 is 1.37 bits per heavy atom. The molecule has 3 nitrogen and oxygen atoms in total. The van der Waals surface area contributed by atoms with E-state index in [2.05, 4.69) is 46.9 Å². The molecule has 2 aromatic heterocycles. The molecule has 0 amide bonds. The van der Waals surface area contributed by atoms with E-state index < -0.39 is 0 Å². The highest BCUT2D eigenvalue weighted by Gasteiger charge is 2.21. The summed E-state index contributed by atoms with van der Waals surface area (Å²) in [5, 5.41) is 3.70. The number of nitrogens with zero attached hydrogens (tertiary/aromatic N) is 2. The van der Waals surface area contributed by atoms with Crippen molar-refractivity contribution in [1.82, 2.24) is 14.7 Å². The van der Waals surface area contributed by atoms with Crippen LogP contribution >= 0.6 is 0 Å². The van der Waals surface area contributed by atoms with Gasteiger partial charge in [0.2, 0.25) is 0 Å². The van der Waals surface area contributed by atoms with Gasteiger partial charge >= 0.3 is 0 Å². The lowest BCUT2D eigenvalue weighted by Gasteiger charge is -2.20. The fourth-order valence-electron chi connectivity index (χ4n) is 3.26. The molecule has 102 valence electrons. The maximum atomic E-state index is 4.61. The monoisotopic (exact) mass is 257 g/mol. The second-order valence-electron chi connectivity index (χ2n) is 5.79. The Balaban J connectivity index is 1.72. The van der Waals surface area contributed by atoms with Gasteiger partial charge in [0.25, 0.3) is 0 Å². The van der Waals surface area contributed by atoms with Crippen molar-refractivity contribution in [1.29, 1.82) is 0 Å². The van der Waals surface area contributed by atoms with Crippen LogP contribution in [0.4, 0.5) is 0 Å². The molecule has 0 saturated heterocycles. The third kappa shape index (κ3) is 2.52. The number of pyridine rings is 1. The zero-order chi connectivity index (χ0) is 13.2. The topological polar surface area (TPSA) is 29.3 Å². The van der Waals surface area contributed by atoms with Gasteiger partial charge in [0.1, 0.15) is 5.65 Å². The molecular formula is C16H23N3. The normalized spacial score (nSPS) is 18.2. The average molecular weight is 257 g/mol. The van der Waals surface area contributed by atoms with Crippen molar-refractivity contribution in [2.75, 3.05) is 0 Å². The van der Waals surface area contributed by atoms with E-state index in [1.54, 1.807) is 0 Å². The van der Waals surface area contributed by atoms with Gasteiger partial charge in [-0.15, -0.1) is 0 Å². The smallest absolute Gasteiger partial charge is 0.137 e. The van der Waals surface area contributed by atoms with Gasteiger partial charge in [-0.1, -0.05) is 18.9 Å². The largest absolute Gasteiger partial charge is 0.308 e. The minimum absolute atomic E-state index is 0.608. The van der Waals surface area contributed by atoms with E-state index in [1.807, 2.05) is 6.07 Å². The number of hydrogen-bond donors (Lipinski definition) is 1. The lowest BCUT2D eigenvalue weighted by molar-refractivity contribution is 0.378. The zero-order valence-corrected chi connectivity index (χ0v) is 11.9. The predicted octanol–water partition coefficient (Wildman–Crippen LogP) is 3.31. The van der Waals surface area contributed by atoms with Gasteiger partial charge in [0.15, 0.2) is 0 Å². The molecule has 1 unspecified atom stereocenters. The lowest BCUT2D eigenvalue weighted by atomic mass is 10.00. The number of fused-ring (bicyclic) bond motifs is 1. The van der Waals surface area contributed by atoms with Crippen LogP contribution in [-0.2, 0) is 6.54 Å². The van der Waals surface area contributed by atoms with E-state index >= 15 is 0 Å². The highest BCUT2D eigenvalue weighted by Crippen LogP contribution is 2.27. The summed E-state index contributed by atoms with van der Waals surface area (Å²) in [6.07, 6.45) is 7.70. The molecule has 2 aromatic rings. The van der Waals surface area contributed by atoms with Crippen molar-refractivity contribution in [2.45, 2.75) is 52.1 Å². The fraction of sp³-hybridized carbons (Fsp3) is 0.562. The maximum Gasteiger partial charge on any atom is 0.137 e. The number of imidazole rings is 1. The standard InChI is InChI=1S/C16H23N3/c1-12(14-7-3-4-8-14)17-11-15-13(2)18-16-9-5-6-10-19(15)16/h5-6,9-10,12,14,17H,3-4,7-8,11H2,1-2H3. The fourth-order valence-corrected chi connectivity index (χ4v) is 3.26. The van der Waals surface area contributed by atoms with Crippen LogP contribution in [0, 0.1) is 12.8 Å². The van der Waals surface area contributed by atoms with E-state index in [0.717, 1.165) is 23.8 Å². The highest BCUT2D eigenvalue weighted by molar-refractivity contribution is 5.42. The SMILES string of the molecule is Cc1nc2ccccn2c1CNC(C)C1CCCC1. The molecular weight excluding hydrogens is 234 g/mol. The quantitative estimate of drug-likeness (QED) is 0.910. The minimum Gasteiger partial charge on any atom is -0.308 e. The Morgan fingerprint density at radius 2 is 2.16 bits per heavy atom. The first-order chi connectivity index (χ1) is 9.25. The van der Waals surface area contributed by atoms with Gasteiger partial charge in [0, 0.05) is 18.8 Å². The summed E-state index contributed by atoms with van der Waals surface area (Å²) in [4.78, 5) is 4.61. The van der Waals surface area contributed by atoms with E-state index in [0.29, 0.717) is 6.04 Å². The summed E-state index contributed by atoms with van der Waals surface area (Å²) >= 11 is 0. The molecule has 1 saturated carbocycles. The second kappa shape index (κ2) is 5.33. The van der Waals surface area contributed by atoms with Gasteiger partial charge in [0.05, 0.1) is 11.4 Å². The third-order valence-electron chi connectivity index (χ3n) is 4.53. The summed E-state index contributed by atoms with van der Waals surface area (Å²) in [5.41, 5.74) is 3.48. The van der Waals surface area contributed by atoms with E-state index in [-0.39, 0.29) is 0 Å². The first kappa shape index (κ1) is 12.7. The Bertz CT molecular complexity index is 552. The Hall–Kier alpha value is -1.35. The molecule has 0 radical (unpaired) electrons. The van der Waals surface area contributed by atoms with Gasteiger partial charge in [-0.2, -0.15) is 0 Å². The molecule has 3 heteroatoms. The van der Waals surface area contributed by atoms with Gasteiger partial charge in [-0.3, -0.25) is 0 Å². The zero-order valence-electron chi connectivity index (χ0n) is 11.9. The van der Waals surface area contributed by atoms with Crippen LogP contribution in [0.25, 0.3) is 5.65 Å². The van der Waals surface area contributed by atoms with Crippen LogP contribution in [0.3, 0.4) is 0 Å². The molecule has 3 rings (SSSR count). The Labute approximate surface area is 115 Å². The maximum absolute atomic E-state index is 4.61. The number of nitrogens with one attached hydrogen (secondary N) is 1. The van der Waals surface area contributed by atoms with Crippen LogP contribution in [0.15, 0.2) is 24.4 Å². The van der Waals surface area contributed by atoms with Crippen molar-refractivity contribution in [3.05, 3.63) is 35.8 Å². The lowest BCUT2D eigenvalue weighted by Crippen LogP contribution is -2.32. The molecule has 1 aliphatic carbocycles. The number of hydrogen-bond acceptors (Lipinski definition) is 2. The highest BCUT2D eigenvalue weighted by atomic mass is 15.0. The molecule has 1 fully saturated rings. The third-order valence-corrected chi connectivity index (χ3v) is 4.53. The molecule has 1 atom stereocenters. The van der Waals surface area contributed by atoms with Crippen LogP contribution in [0.2, 0.25) is 0 Å². The first-order valence-electron chi connectivity index (χ1n) is 7.41. The van der Waals surface area contributed by atoms with Crippen LogP contribution in [0.5, 0.6) is 0 Å². The van der Waals surface area contributed by atoms with Crippen molar-refractivity contribution in [2.24, 2.45) is 5.92 Å². The Morgan fingerprint density at radius 3 is 2.95 bits per heavy atom. The van der Waals surface area contributed by atoms with E-state index in [1.165, 1.54) is 31.4 Å². The van der Waals surface area contributed by atoms with Crippen LogP contribution in [0.1, 0.15) is 44.0 Å².